The molecule has 1 aliphatic heterocycles. The van der Waals surface area contributed by atoms with E-state index in [-0.39, 0.29) is 12.0 Å². The molecule has 0 radical (unpaired) electrons. The smallest absolute Gasteiger partial charge is 0.223 e. The molecule has 5 nitrogen and oxygen atoms in total. The predicted octanol–water partition coefficient (Wildman–Crippen LogP) is 2.38. The average Bonchev–Trinajstić information content (AvgIpc) is 3.06. The van der Waals surface area contributed by atoms with Gasteiger partial charge in [0.1, 0.15) is 11.9 Å². The lowest BCUT2D eigenvalue weighted by Crippen LogP contribution is -2.42. The van der Waals surface area contributed by atoms with E-state index in [4.69, 9.17) is 4.74 Å². The summed E-state index contributed by atoms with van der Waals surface area (Å²) in [5, 5.41) is 2.04. The molecule has 3 rings (SSSR count). The highest BCUT2D eigenvalue weighted by molar-refractivity contribution is 7.09. The second-order valence-corrected chi connectivity index (χ2v) is 6.34. The van der Waals surface area contributed by atoms with Crippen molar-refractivity contribution < 1.29 is 9.53 Å². The van der Waals surface area contributed by atoms with E-state index in [2.05, 4.69) is 16.0 Å². The van der Waals surface area contributed by atoms with Gasteiger partial charge in [0, 0.05) is 24.0 Å². The largest absolute Gasteiger partial charge is 0.368 e. The first-order chi connectivity index (χ1) is 10.7. The molecule has 22 heavy (non-hydrogen) atoms. The Labute approximate surface area is 134 Å². The molecule has 116 valence electrons. The van der Waals surface area contributed by atoms with Gasteiger partial charge < -0.3 is 9.64 Å². The van der Waals surface area contributed by atoms with Crippen molar-refractivity contribution in [2.45, 2.75) is 25.9 Å². The van der Waals surface area contributed by atoms with Crippen molar-refractivity contribution in [3.05, 3.63) is 46.2 Å². The van der Waals surface area contributed by atoms with Crippen LogP contribution in [0.25, 0.3) is 0 Å². The second-order valence-electron chi connectivity index (χ2n) is 5.31. The van der Waals surface area contributed by atoms with Crippen molar-refractivity contribution in [3.8, 4) is 0 Å². The number of morpholine rings is 1. The summed E-state index contributed by atoms with van der Waals surface area (Å²) in [6.45, 7) is 3.64. The van der Waals surface area contributed by atoms with Crippen LogP contribution < -0.4 is 0 Å². The van der Waals surface area contributed by atoms with Gasteiger partial charge >= 0.3 is 0 Å². The third-order valence-corrected chi connectivity index (χ3v) is 4.65. The first kappa shape index (κ1) is 15.1. The number of rotatable bonds is 4. The first-order valence-electron chi connectivity index (χ1n) is 7.43. The van der Waals surface area contributed by atoms with Crippen molar-refractivity contribution in [2.24, 2.45) is 0 Å². The van der Waals surface area contributed by atoms with Gasteiger partial charge in [0.25, 0.3) is 0 Å². The van der Waals surface area contributed by atoms with Gasteiger partial charge in [-0.25, -0.2) is 9.97 Å². The second kappa shape index (κ2) is 6.98. The molecule has 1 amide bonds. The summed E-state index contributed by atoms with van der Waals surface area (Å²) in [4.78, 5) is 24.0. The maximum absolute atomic E-state index is 12.4. The number of aromatic nitrogens is 2. The Hall–Kier alpha value is -1.79. The zero-order valence-electron chi connectivity index (χ0n) is 12.6. The Balaban J connectivity index is 1.59. The molecule has 6 heteroatoms. The van der Waals surface area contributed by atoms with Crippen molar-refractivity contribution >= 4 is 17.2 Å². The van der Waals surface area contributed by atoms with E-state index in [1.165, 1.54) is 4.88 Å². The molecule has 1 aliphatic rings. The van der Waals surface area contributed by atoms with Crippen molar-refractivity contribution in [3.63, 3.8) is 0 Å². The molecule has 0 aromatic carbocycles. The van der Waals surface area contributed by atoms with Gasteiger partial charge in [-0.3, -0.25) is 4.79 Å². The molecule has 0 saturated carbocycles. The fourth-order valence-corrected chi connectivity index (χ4v) is 3.26. The van der Waals surface area contributed by atoms with Gasteiger partial charge in [0.2, 0.25) is 5.91 Å². The minimum absolute atomic E-state index is 0.152. The molecule has 1 fully saturated rings. The van der Waals surface area contributed by atoms with Crippen LogP contribution in [-0.4, -0.2) is 40.5 Å². The van der Waals surface area contributed by atoms with E-state index in [0.717, 1.165) is 17.9 Å². The highest BCUT2D eigenvalue weighted by atomic mass is 32.1. The zero-order valence-corrected chi connectivity index (χ0v) is 13.4. The molecule has 2 aromatic heterocycles. The van der Waals surface area contributed by atoms with E-state index in [0.29, 0.717) is 26.1 Å². The molecule has 3 heterocycles. The summed E-state index contributed by atoms with van der Waals surface area (Å²) in [7, 11) is 0. The number of aryl methyl sites for hydroxylation is 2. The highest BCUT2D eigenvalue weighted by Gasteiger charge is 2.26. The molecule has 0 N–H and O–H groups in total. The summed E-state index contributed by atoms with van der Waals surface area (Å²) in [6, 6.07) is 5.95. The predicted molar refractivity (Wildman–Crippen MR) is 84.7 cm³/mol. The van der Waals surface area contributed by atoms with Crippen LogP contribution in [0.5, 0.6) is 0 Å². The van der Waals surface area contributed by atoms with E-state index < -0.39 is 0 Å². The van der Waals surface area contributed by atoms with Crippen molar-refractivity contribution in [2.75, 3.05) is 19.7 Å². The number of hydrogen-bond acceptors (Lipinski definition) is 5. The monoisotopic (exact) mass is 317 g/mol. The number of carbonyl (C=O) groups is 1. The lowest BCUT2D eigenvalue weighted by atomic mass is 10.1. The third-order valence-electron chi connectivity index (χ3n) is 3.71. The van der Waals surface area contributed by atoms with Crippen LogP contribution in [0, 0.1) is 6.92 Å². The van der Waals surface area contributed by atoms with Gasteiger partial charge in [-0.05, 0) is 30.9 Å². The molecule has 0 aliphatic carbocycles. The van der Waals surface area contributed by atoms with Crippen LogP contribution in [0.4, 0.5) is 0 Å². The van der Waals surface area contributed by atoms with Gasteiger partial charge in [-0.1, -0.05) is 6.07 Å². The third kappa shape index (κ3) is 3.69. The Morgan fingerprint density at radius 1 is 1.50 bits per heavy atom. The van der Waals surface area contributed by atoms with Crippen LogP contribution in [0.2, 0.25) is 0 Å². The minimum Gasteiger partial charge on any atom is -0.368 e. The first-order valence-corrected chi connectivity index (χ1v) is 8.31. The van der Waals surface area contributed by atoms with Gasteiger partial charge in [0.05, 0.1) is 18.8 Å². The summed E-state index contributed by atoms with van der Waals surface area (Å²) in [6.07, 6.45) is 2.95. The molecule has 1 atom stereocenters. The number of thiophene rings is 1. The summed E-state index contributed by atoms with van der Waals surface area (Å²) < 4.78 is 5.77. The standard InChI is InChI=1S/C16H19N3O2S/c1-12-17-7-6-14(18-12)15-11-19(8-9-21-15)16(20)5-4-13-3-2-10-22-13/h2-3,6-7,10,15H,4-5,8-9,11H2,1H3. The summed E-state index contributed by atoms with van der Waals surface area (Å²) >= 11 is 1.70. The molecule has 1 unspecified atom stereocenters. The van der Waals surface area contributed by atoms with Gasteiger partial charge in [-0.2, -0.15) is 0 Å². The Bertz CT molecular complexity index is 630. The average molecular weight is 317 g/mol. The molecule has 2 aromatic rings. The van der Waals surface area contributed by atoms with Gasteiger partial charge in [0.15, 0.2) is 0 Å². The number of hydrogen-bond donors (Lipinski definition) is 0. The fourth-order valence-electron chi connectivity index (χ4n) is 2.55. The SMILES string of the molecule is Cc1nccc(C2CN(C(=O)CCc3cccs3)CCO2)n1. The van der Waals surface area contributed by atoms with Crippen molar-refractivity contribution in [1.29, 1.82) is 0 Å². The Morgan fingerprint density at radius 3 is 3.18 bits per heavy atom. The maximum Gasteiger partial charge on any atom is 0.223 e. The molecule has 0 bridgehead atoms. The lowest BCUT2D eigenvalue weighted by molar-refractivity contribution is -0.139. The van der Waals surface area contributed by atoms with E-state index in [9.17, 15) is 4.79 Å². The fraction of sp³-hybridized carbons (Fsp3) is 0.438. The topological polar surface area (TPSA) is 55.3 Å². The van der Waals surface area contributed by atoms with Crippen LogP contribution in [0.1, 0.15) is 28.9 Å². The van der Waals surface area contributed by atoms with E-state index in [1.807, 2.05) is 29.3 Å². The van der Waals surface area contributed by atoms with Crippen LogP contribution >= 0.6 is 11.3 Å². The lowest BCUT2D eigenvalue weighted by Gasteiger charge is -2.32. The number of nitrogens with zero attached hydrogens (tertiary/aromatic N) is 3. The Kier molecular flexibility index (Phi) is 4.80. The molecule has 1 saturated heterocycles. The summed E-state index contributed by atoms with van der Waals surface area (Å²) in [5.41, 5.74) is 0.850. The van der Waals surface area contributed by atoms with Crippen LogP contribution in [0.15, 0.2) is 29.8 Å². The summed E-state index contributed by atoms with van der Waals surface area (Å²) in [5.74, 6) is 0.912. The number of ether oxygens (including phenoxy) is 1. The zero-order chi connectivity index (χ0) is 15.4. The minimum atomic E-state index is -0.152. The van der Waals surface area contributed by atoms with Crippen LogP contribution in [0.3, 0.4) is 0 Å². The number of carbonyl (C=O) groups excluding carboxylic acids is 1. The normalized spacial score (nSPS) is 18.4. The molecule has 0 spiro atoms. The number of amides is 1. The van der Waals surface area contributed by atoms with Crippen LogP contribution in [-0.2, 0) is 16.0 Å². The van der Waals surface area contributed by atoms with E-state index in [1.54, 1.807) is 17.5 Å². The van der Waals surface area contributed by atoms with Gasteiger partial charge in [-0.15, -0.1) is 11.3 Å². The molecular weight excluding hydrogens is 298 g/mol. The molecular formula is C16H19N3O2S. The highest BCUT2D eigenvalue weighted by Crippen LogP contribution is 2.21. The van der Waals surface area contributed by atoms with Crippen molar-refractivity contribution in [1.82, 2.24) is 14.9 Å². The van der Waals surface area contributed by atoms with E-state index >= 15 is 0 Å². The maximum atomic E-state index is 12.4. The Morgan fingerprint density at radius 2 is 2.41 bits per heavy atom. The quantitative estimate of drug-likeness (QED) is 0.869.